The van der Waals surface area contributed by atoms with Crippen molar-refractivity contribution < 1.29 is 72.4 Å². The molecule has 2 fully saturated rings. The van der Waals surface area contributed by atoms with E-state index in [0.717, 1.165) is 14.2 Å². The third-order valence-corrected chi connectivity index (χ3v) is 6.73. The van der Waals surface area contributed by atoms with Crippen LogP contribution in [-0.4, -0.2) is 125 Å². The highest BCUT2D eigenvalue weighted by molar-refractivity contribution is 5.95. The minimum atomic E-state index is -1.85. The van der Waals surface area contributed by atoms with Crippen LogP contribution < -0.4 is 5.32 Å². The number of carbonyl (C=O) groups is 3. The van der Waals surface area contributed by atoms with E-state index in [2.05, 4.69) is 5.32 Å². The SMILES string of the molecule is COC1OC(C(=O)O)C(OC(C)(C)C2O[C@@H](C(=O)Nc3cc(F)c(C=O)c(F)c3)C(OC)C(O)C2O)C(O)C1O. The summed E-state index contributed by atoms with van der Waals surface area (Å²) in [6.07, 6.45) is -17.1. The summed E-state index contributed by atoms with van der Waals surface area (Å²) in [6, 6.07) is 1.36. The van der Waals surface area contributed by atoms with E-state index in [4.69, 9.17) is 23.7 Å². The lowest BCUT2D eigenvalue weighted by molar-refractivity contribution is -0.324. The molecule has 16 heteroatoms. The second-order valence-electron chi connectivity index (χ2n) is 9.79. The minimum Gasteiger partial charge on any atom is -0.479 e. The molecule has 0 aromatic heterocycles. The van der Waals surface area contributed by atoms with E-state index >= 15 is 0 Å². The van der Waals surface area contributed by atoms with E-state index < -0.39 is 102 Å². The number of anilines is 1. The smallest absolute Gasteiger partial charge is 0.335 e. The van der Waals surface area contributed by atoms with Crippen LogP contribution in [0.5, 0.6) is 0 Å². The molecule has 9 unspecified atom stereocenters. The van der Waals surface area contributed by atoms with Crippen molar-refractivity contribution in [1.29, 1.82) is 0 Å². The normalized spacial score (nSPS) is 34.8. The van der Waals surface area contributed by atoms with Gasteiger partial charge in [-0.25, -0.2) is 13.6 Å². The molecule has 14 nitrogen and oxygen atoms in total. The fourth-order valence-corrected chi connectivity index (χ4v) is 4.68. The molecular weight excluding hydrogens is 548 g/mol. The number of methoxy groups -OCH3 is 2. The molecule has 0 aliphatic carbocycles. The topological polar surface area (TPSA) is 211 Å². The standard InChI is InChI=1S/C24H31F2NO13/c1-24(2,40-17-13(30)15(32)23(37-4)39-19(17)22(34)35)20-14(31)12(29)16(36-3)18(38-20)21(33)27-8-5-10(25)9(7-28)11(26)6-8/h5-7,12-20,23,29-32H,1-4H3,(H,27,33)(H,34,35)/t12?,13?,14?,15?,16?,17?,18-,19?,20?,23?/m1/s1. The lowest BCUT2D eigenvalue weighted by Gasteiger charge is -2.49. The third kappa shape index (κ3) is 6.14. The number of carbonyl (C=O) groups excluding carboxylic acids is 2. The molecule has 1 aromatic carbocycles. The predicted molar refractivity (Wildman–Crippen MR) is 126 cm³/mol. The Kier molecular flexibility index (Phi) is 9.92. The third-order valence-electron chi connectivity index (χ3n) is 6.73. The van der Waals surface area contributed by atoms with Crippen LogP contribution in [0.1, 0.15) is 24.2 Å². The molecule has 0 bridgehead atoms. The molecule has 2 saturated heterocycles. The van der Waals surface area contributed by atoms with E-state index in [1.807, 2.05) is 0 Å². The number of ether oxygens (including phenoxy) is 5. The molecule has 1 amide bonds. The van der Waals surface area contributed by atoms with Crippen LogP contribution in [0.25, 0.3) is 0 Å². The van der Waals surface area contributed by atoms with Crippen LogP contribution in [0.2, 0.25) is 0 Å². The Balaban J connectivity index is 1.88. The van der Waals surface area contributed by atoms with Gasteiger partial charge in [-0.2, -0.15) is 0 Å². The van der Waals surface area contributed by atoms with Crippen molar-refractivity contribution in [2.45, 2.75) is 80.7 Å². The summed E-state index contributed by atoms with van der Waals surface area (Å²) < 4.78 is 54.8. The number of hydrogen-bond acceptors (Lipinski definition) is 12. The average Bonchev–Trinajstić information content (AvgIpc) is 2.87. The van der Waals surface area contributed by atoms with Gasteiger partial charge >= 0.3 is 5.97 Å². The van der Waals surface area contributed by atoms with Gasteiger partial charge in [0.1, 0.15) is 54.4 Å². The van der Waals surface area contributed by atoms with Gasteiger partial charge in [0.05, 0.1) is 11.2 Å². The van der Waals surface area contributed by atoms with Crippen LogP contribution in [0, 0.1) is 11.6 Å². The first-order valence-electron chi connectivity index (χ1n) is 11.9. The number of carboxylic acids is 1. The van der Waals surface area contributed by atoms with E-state index in [1.165, 1.54) is 13.8 Å². The largest absolute Gasteiger partial charge is 0.479 e. The van der Waals surface area contributed by atoms with E-state index in [1.54, 1.807) is 0 Å². The second kappa shape index (κ2) is 12.5. The maximum Gasteiger partial charge on any atom is 0.335 e. The predicted octanol–water partition coefficient (Wildman–Crippen LogP) is -1.44. The number of aliphatic hydroxyl groups excluding tert-OH is 4. The van der Waals surface area contributed by atoms with Crippen molar-refractivity contribution in [2.24, 2.45) is 0 Å². The van der Waals surface area contributed by atoms with Gasteiger partial charge in [0, 0.05) is 19.9 Å². The summed E-state index contributed by atoms with van der Waals surface area (Å²) in [4.78, 5) is 35.7. The van der Waals surface area contributed by atoms with Crippen molar-refractivity contribution in [3.05, 3.63) is 29.3 Å². The molecule has 6 N–H and O–H groups in total. The first-order valence-corrected chi connectivity index (χ1v) is 11.9. The Morgan fingerprint density at radius 1 is 0.925 bits per heavy atom. The molecule has 0 saturated carbocycles. The highest BCUT2D eigenvalue weighted by atomic mass is 19.1. The Morgan fingerprint density at radius 2 is 1.50 bits per heavy atom. The van der Waals surface area contributed by atoms with Crippen LogP contribution in [0.4, 0.5) is 14.5 Å². The quantitative estimate of drug-likeness (QED) is 0.185. The Hall–Kier alpha value is -2.67. The average molecular weight is 580 g/mol. The van der Waals surface area contributed by atoms with Crippen molar-refractivity contribution >= 4 is 23.9 Å². The monoisotopic (exact) mass is 579 g/mol. The highest BCUT2D eigenvalue weighted by Crippen LogP contribution is 2.36. The van der Waals surface area contributed by atoms with Crippen molar-refractivity contribution in [2.75, 3.05) is 19.5 Å². The molecule has 2 aliphatic heterocycles. The van der Waals surface area contributed by atoms with Gasteiger partial charge in [-0.05, 0) is 26.0 Å². The maximum absolute atomic E-state index is 14.0. The van der Waals surface area contributed by atoms with Crippen molar-refractivity contribution in [1.82, 2.24) is 0 Å². The van der Waals surface area contributed by atoms with Crippen LogP contribution in [-0.2, 0) is 33.3 Å². The zero-order chi connectivity index (χ0) is 30.1. The van der Waals surface area contributed by atoms with Crippen LogP contribution >= 0.6 is 0 Å². The number of rotatable bonds is 9. The zero-order valence-corrected chi connectivity index (χ0v) is 21.8. The fourth-order valence-electron chi connectivity index (χ4n) is 4.68. The fraction of sp³-hybridized carbons (Fsp3) is 0.625. The minimum absolute atomic E-state index is 0.0382. The summed E-state index contributed by atoms with van der Waals surface area (Å²) in [5.74, 6) is -5.14. The molecule has 0 spiro atoms. The molecule has 224 valence electrons. The molecule has 10 atom stereocenters. The number of nitrogens with one attached hydrogen (secondary N) is 1. The van der Waals surface area contributed by atoms with Crippen molar-refractivity contribution in [3.63, 3.8) is 0 Å². The second-order valence-corrected chi connectivity index (χ2v) is 9.79. The molecular formula is C24H31F2NO13. The lowest BCUT2D eigenvalue weighted by atomic mass is 9.85. The number of aldehydes is 1. The Bertz CT molecular complexity index is 1080. The first-order chi connectivity index (χ1) is 18.7. The van der Waals surface area contributed by atoms with E-state index in [0.29, 0.717) is 12.1 Å². The van der Waals surface area contributed by atoms with Gasteiger partial charge in [0.25, 0.3) is 5.91 Å². The molecule has 0 radical (unpaired) electrons. The first kappa shape index (κ1) is 31.9. The van der Waals surface area contributed by atoms with Gasteiger partial charge in [-0.3, -0.25) is 9.59 Å². The van der Waals surface area contributed by atoms with Gasteiger partial charge < -0.3 is 54.5 Å². The number of benzene rings is 1. The summed E-state index contributed by atoms with van der Waals surface area (Å²) in [6.45, 7) is 2.58. The Morgan fingerprint density at radius 3 is 2.00 bits per heavy atom. The molecule has 2 heterocycles. The molecule has 1 aromatic rings. The summed E-state index contributed by atoms with van der Waals surface area (Å²) in [5.41, 5.74) is -3.04. The number of aliphatic carboxylic acids is 1. The summed E-state index contributed by atoms with van der Waals surface area (Å²) >= 11 is 0. The van der Waals surface area contributed by atoms with Gasteiger partial charge in [0.2, 0.25) is 0 Å². The van der Waals surface area contributed by atoms with Crippen molar-refractivity contribution in [3.8, 4) is 0 Å². The van der Waals surface area contributed by atoms with Crippen LogP contribution in [0.15, 0.2) is 12.1 Å². The number of carboxylic acid groups (broad SMARTS) is 1. The molecule has 3 rings (SSSR count). The van der Waals surface area contributed by atoms with E-state index in [-0.39, 0.29) is 6.29 Å². The lowest BCUT2D eigenvalue weighted by Crippen LogP contribution is -2.68. The number of halogens is 2. The highest BCUT2D eigenvalue weighted by Gasteiger charge is 2.56. The number of aliphatic hydroxyl groups is 4. The van der Waals surface area contributed by atoms with Gasteiger partial charge in [-0.15, -0.1) is 0 Å². The number of amides is 1. The zero-order valence-electron chi connectivity index (χ0n) is 21.8. The summed E-state index contributed by atoms with van der Waals surface area (Å²) in [7, 11) is 2.22. The Labute approximate surface area is 226 Å². The number of hydrogen-bond donors (Lipinski definition) is 6. The van der Waals surface area contributed by atoms with Gasteiger partial charge in [0.15, 0.2) is 24.8 Å². The molecule has 40 heavy (non-hydrogen) atoms. The van der Waals surface area contributed by atoms with Gasteiger partial charge in [-0.1, -0.05) is 0 Å². The van der Waals surface area contributed by atoms with E-state index in [9.17, 15) is 48.7 Å². The maximum atomic E-state index is 14.0. The summed E-state index contributed by atoms with van der Waals surface area (Å²) in [5, 5.41) is 54.2. The molecule has 2 aliphatic rings. The van der Waals surface area contributed by atoms with Crippen LogP contribution in [0.3, 0.4) is 0 Å².